The molecule has 2 aromatic carbocycles. The number of anilines is 1. The molecule has 1 saturated heterocycles. The van der Waals surface area contributed by atoms with Crippen molar-refractivity contribution >= 4 is 46.1 Å². The van der Waals surface area contributed by atoms with Gasteiger partial charge in [0.2, 0.25) is 0 Å². The largest absolute Gasteiger partial charge is 0.507 e. The predicted octanol–water partition coefficient (Wildman–Crippen LogP) is 5.11. The molecule has 1 aromatic heterocycles. The van der Waals surface area contributed by atoms with Gasteiger partial charge in [0.25, 0.3) is 11.7 Å². The minimum Gasteiger partial charge on any atom is -0.507 e. The summed E-state index contributed by atoms with van der Waals surface area (Å²) in [5, 5.41) is 13.6. The molecule has 1 amide bonds. The zero-order valence-corrected chi connectivity index (χ0v) is 18.6. The molecular weight excluding hydrogens is 450 g/mol. The Morgan fingerprint density at radius 3 is 2.59 bits per heavy atom. The minimum absolute atomic E-state index is 0.0193. The highest BCUT2D eigenvalue weighted by Gasteiger charge is 2.47. The number of thiophene rings is 1. The number of amides is 1. The molecule has 0 saturated carbocycles. The molecule has 0 aliphatic carbocycles. The number of nitrogens with zero attached hydrogens (tertiary/aromatic N) is 1. The number of ether oxygens (including phenoxy) is 2. The van der Waals surface area contributed by atoms with Crippen LogP contribution in [0.25, 0.3) is 5.76 Å². The van der Waals surface area contributed by atoms with Crippen LogP contribution in [-0.2, 0) is 9.59 Å². The second-order valence-electron chi connectivity index (χ2n) is 7.48. The summed E-state index contributed by atoms with van der Waals surface area (Å²) >= 11 is 7.70. The van der Waals surface area contributed by atoms with Crippen molar-refractivity contribution < 1.29 is 24.2 Å². The first-order chi connectivity index (χ1) is 15.5. The molecule has 6 nitrogen and oxygen atoms in total. The summed E-state index contributed by atoms with van der Waals surface area (Å²) in [6.07, 6.45) is 0. The van der Waals surface area contributed by atoms with E-state index in [4.69, 9.17) is 21.1 Å². The maximum atomic E-state index is 13.2. The summed E-state index contributed by atoms with van der Waals surface area (Å²) < 4.78 is 11.1. The Morgan fingerprint density at radius 2 is 1.88 bits per heavy atom. The lowest BCUT2D eigenvalue weighted by Crippen LogP contribution is -2.29. The predicted molar refractivity (Wildman–Crippen MR) is 123 cm³/mol. The lowest BCUT2D eigenvalue weighted by atomic mass is 9.99. The van der Waals surface area contributed by atoms with E-state index >= 15 is 0 Å². The molecule has 0 spiro atoms. The van der Waals surface area contributed by atoms with Gasteiger partial charge in [-0.1, -0.05) is 23.7 Å². The van der Waals surface area contributed by atoms with E-state index in [9.17, 15) is 14.7 Å². The fourth-order valence-electron chi connectivity index (χ4n) is 3.89. The van der Waals surface area contributed by atoms with E-state index in [2.05, 4.69) is 0 Å². The summed E-state index contributed by atoms with van der Waals surface area (Å²) in [7, 11) is 0. The third-order valence-electron chi connectivity index (χ3n) is 5.51. The van der Waals surface area contributed by atoms with E-state index in [0.717, 1.165) is 10.4 Å². The molecule has 5 rings (SSSR count). The maximum Gasteiger partial charge on any atom is 0.300 e. The lowest BCUT2D eigenvalue weighted by Gasteiger charge is -2.24. The fraction of sp³-hybridized carbons (Fsp3) is 0.167. The van der Waals surface area contributed by atoms with Crippen molar-refractivity contribution in [2.24, 2.45) is 0 Å². The van der Waals surface area contributed by atoms with Crippen molar-refractivity contribution in [1.29, 1.82) is 0 Å². The highest BCUT2D eigenvalue weighted by atomic mass is 35.5. The van der Waals surface area contributed by atoms with Gasteiger partial charge in [-0.05, 0) is 54.3 Å². The van der Waals surface area contributed by atoms with E-state index in [1.54, 1.807) is 36.4 Å². The number of hydrogen-bond donors (Lipinski definition) is 1. The average molecular weight is 468 g/mol. The molecule has 0 radical (unpaired) electrons. The van der Waals surface area contributed by atoms with Gasteiger partial charge in [-0.25, -0.2) is 0 Å². The Morgan fingerprint density at radius 1 is 1.09 bits per heavy atom. The van der Waals surface area contributed by atoms with Crippen LogP contribution in [0.15, 0.2) is 59.5 Å². The zero-order valence-electron chi connectivity index (χ0n) is 17.0. The number of rotatable bonds is 3. The first kappa shape index (κ1) is 20.6. The van der Waals surface area contributed by atoms with Crippen molar-refractivity contribution in [1.82, 2.24) is 0 Å². The van der Waals surface area contributed by atoms with Crippen molar-refractivity contribution in [3.05, 3.63) is 80.5 Å². The summed E-state index contributed by atoms with van der Waals surface area (Å²) in [6.45, 7) is 2.70. The summed E-state index contributed by atoms with van der Waals surface area (Å²) in [5.74, 6) is -0.695. The standard InChI is InChI=1S/C24H18ClNO5S/c1-13-4-6-15(12-16(13)25)26-21(19-3-2-10-32-19)20(23(28)24(26)29)22(27)14-5-7-17-18(11-14)31-9-8-30-17/h2-7,10-12,21,27H,8-9H2,1H3/b22-20-. The molecular formula is C24H18ClNO5S. The zero-order chi connectivity index (χ0) is 22.4. The van der Waals surface area contributed by atoms with Gasteiger partial charge in [0.05, 0.1) is 5.57 Å². The van der Waals surface area contributed by atoms with Crippen molar-refractivity contribution in [2.75, 3.05) is 18.1 Å². The highest BCUT2D eigenvalue weighted by Crippen LogP contribution is 2.45. The normalized spacial score (nSPS) is 19.4. The van der Waals surface area contributed by atoms with Crippen LogP contribution in [0.1, 0.15) is 22.0 Å². The van der Waals surface area contributed by atoms with Crippen molar-refractivity contribution in [3.63, 3.8) is 0 Å². The number of halogens is 1. The summed E-state index contributed by atoms with van der Waals surface area (Å²) in [4.78, 5) is 28.4. The van der Waals surface area contributed by atoms with Gasteiger partial charge in [0, 0.05) is 21.2 Å². The number of carbonyl (C=O) groups is 2. The number of aliphatic hydroxyl groups excluding tert-OH is 1. The van der Waals surface area contributed by atoms with Gasteiger partial charge in [-0.3, -0.25) is 14.5 Å². The molecule has 0 bridgehead atoms. The number of ketones is 1. The van der Waals surface area contributed by atoms with E-state index in [1.165, 1.54) is 16.2 Å². The first-order valence-electron chi connectivity index (χ1n) is 9.96. The topological polar surface area (TPSA) is 76.1 Å². The van der Waals surface area contributed by atoms with Gasteiger partial charge in [0.15, 0.2) is 11.5 Å². The van der Waals surface area contributed by atoms with E-state index in [-0.39, 0.29) is 11.3 Å². The molecule has 1 fully saturated rings. The highest BCUT2D eigenvalue weighted by molar-refractivity contribution is 7.10. The van der Waals surface area contributed by atoms with Crippen LogP contribution >= 0.6 is 22.9 Å². The third kappa shape index (κ3) is 3.34. The quantitative estimate of drug-likeness (QED) is 0.329. The Balaban J connectivity index is 1.67. The van der Waals surface area contributed by atoms with Crippen LogP contribution in [0.4, 0.5) is 5.69 Å². The summed E-state index contributed by atoms with van der Waals surface area (Å²) in [6, 6.07) is 13.0. The second kappa shape index (κ2) is 8.00. The number of benzene rings is 2. The number of carbonyl (C=O) groups excluding carboxylic acids is 2. The molecule has 162 valence electrons. The number of Topliss-reactive ketones (excluding diaryl/α,β-unsaturated/α-hetero) is 1. The SMILES string of the molecule is Cc1ccc(N2C(=O)C(=O)/C(=C(\O)c3ccc4c(c3)OCCO4)C2c2cccs2)cc1Cl. The molecule has 1 atom stereocenters. The monoisotopic (exact) mass is 467 g/mol. The molecule has 3 heterocycles. The Bertz CT molecular complexity index is 1270. The van der Waals surface area contributed by atoms with Crippen molar-refractivity contribution in [3.8, 4) is 11.5 Å². The molecule has 1 N–H and O–H groups in total. The van der Waals surface area contributed by atoms with Gasteiger partial charge in [-0.2, -0.15) is 0 Å². The van der Waals surface area contributed by atoms with Gasteiger partial charge in [0.1, 0.15) is 25.0 Å². The molecule has 2 aliphatic rings. The van der Waals surface area contributed by atoms with Crippen LogP contribution in [0.5, 0.6) is 11.5 Å². The fourth-order valence-corrected chi connectivity index (χ4v) is 4.89. The average Bonchev–Trinajstić information content (AvgIpc) is 3.42. The second-order valence-corrected chi connectivity index (χ2v) is 8.86. The first-order valence-corrected chi connectivity index (χ1v) is 11.2. The van der Waals surface area contributed by atoms with E-state index < -0.39 is 17.7 Å². The number of hydrogen-bond acceptors (Lipinski definition) is 6. The number of fused-ring (bicyclic) bond motifs is 1. The van der Waals surface area contributed by atoms with Crippen LogP contribution in [0.3, 0.4) is 0 Å². The van der Waals surface area contributed by atoms with Crippen LogP contribution in [-0.4, -0.2) is 30.0 Å². The van der Waals surface area contributed by atoms with Gasteiger partial charge >= 0.3 is 0 Å². The lowest BCUT2D eigenvalue weighted by molar-refractivity contribution is -0.132. The third-order valence-corrected chi connectivity index (χ3v) is 6.84. The Labute approximate surface area is 193 Å². The molecule has 8 heteroatoms. The van der Waals surface area contributed by atoms with Crippen LogP contribution < -0.4 is 14.4 Å². The molecule has 32 heavy (non-hydrogen) atoms. The van der Waals surface area contributed by atoms with E-state index in [1.807, 2.05) is 24.4 Å². The molecule has 1 unspecified atom stereocenters. The van der Waals surface area contributed by atoms with Gasteiger partial charge in [-0.15, -0.1) is 11.3 Å². The van der Waals surface area contributed by atoms with E-state index in [0.29, 0.717) is 41.0 Å². The van der Waals surface area contributed by atoms with Crippen LogP contribution in [0, 0.1) is 6.92 Å². The minimum atomic E-state index is -0.776. The Kier molecular flexibility index (Phi) is 5.15. The molecule has 2 aliphatic heterocycles. The van der Waals surface area contributed by atoms with Crippen molar-refractivity contribution in [2.45, 2.75) is 13.0 Å². The van der Waals surface area contributed by atoms with Crippen LogP contribution in [0.2, 0.25) is 5.02 Å². The summed E-state index contributed by atoms with van der Waals surface area (Å²) in [5.41, 5.74) is 1.74. The number of aliphatic hydroxyl groups is 1. The smallest absolute Gasteiger partial charge is 0.300 e. The molecule has 3 aromatic rings. The maximum absolute atomic E-state index is 13.2. The van der Waals surface area contributed by atoms with Gasteiger partial charge < -0.3 is 14.6 Å². The number of aryl methyl sites for hydroxylation is 1. The Hall–Kier alpha value is -3.29.